The summed E-state index contributed by atoms with van der Waals surface area (Å²) in [5, 5.41) is -0.308. The summed E-state index contributed by atoms with van der Waals surface area (Å²) in [5.74, 6) is 2.00. The SMILES string of the molecule is C#CCN1C(=O)S/C(=C/c2ccn(C(C)C)c2)C1=O. The van der Waals surface area contributed by atoms with E-state index in [1.54, 1.807) is 6.08 Å². The van der Waals surface area contributed by atoms with Crippen LogP contribution in [-0.2, 0) is 4.79 Å². The van der Waals surface area contributed by atoms with E-state index in [0.29, 0.717) is 10.9 Å². The average Bonchev–Trinajstić information content (AvgIpc) is 2.91. The minimum Gasteiger partial charge on any atom is -0.351 e. The second-order valence-electron chi connectivity index (χ2n) is 4.46. The lowest BCUT2D eigenvalue weighted by molar-refractivity contribution is -0.122. The maximum absolute atomic E-state index is 12.0. The van der Waals surface area contributed by atoms with Gasteiger partial charge in [0.15, 0.2) is 0 Å². The molecular weight excluding hydrogens is 260 g/mol. The minimum absolute atomic E-state index is 0.0228. The van der Waals surface area contributed by atoms with Crippen molar-refractivity contribution in [1.82, 2.24) is 9.47 Å². The van der Waals surface area contributed by atoms with Gasteiger partial charge in [0.25, 0.3) is 11.1 Å². The number of carbonyl (C=O) groups excluding carboxylic acids is 2. The number of carbonyl (C=O) groups is 2. The molecule has 4 nitrogen and oxygen atoms in total. The Labute approximate surface area is 116 Å². The third kappa shape index (κ3) is 2.74. The molecule has 0 spiro atoms. The first-order valence-electron chi connectivity index (χ1n) is 5.89. The van der Waals surface area contributed by atoms with Gasteiger partial charge < -0.3 is 4.57 Å². The fraction of sp³-hybridized carbons (Fsp3) is 0.286. The molecule has 1 fully saturated rings. The monoisotopic (exact) mass is 274 g/mol. The van der Waals surface area contributed by atoms with Gasteiger partial charge in [-0.1, -0.05) is 5.92 Å². The highest BCUT2D eigenvalue weighted by Gasteiger charge is 2.34. The Morgan fingerprint density at radius 2 is 2.21 bits per heavy atom. The van der Waals surface area contributed by atoms with E-state index >= 15 is 0 Å². The molecule has 0 saturated carbocycles. The van der Waals surface area contributed by atoms with Crippen LogP contribution in [0.2, 0.25) is 0 Å². The molecule has 5 heteroatoms. The van der Waals surface area contributed by atoms with Crippen molar-refractivity contribution in [2.45, 2.75) is 19.9 Å². The summed E-state index contributed by atoms with van der Waals surface area (Å²) in [6.07, 6.45) is 10.8. The highest BCUT2D eigenvalue weighted by molar-refractivity contribution is 8.18. The summed E-state index contributed by atoms with van der Waals surface area (Å²) in [4.78, 5) is 25.1. The van der Waals surface area contributed by atoms with E-state index in [1.165, 1.54) is 0 Å². The molecule has 1 aromatic rings. The van der Waals surface area contributed by atoms with Crippen LogP contribution >= 0.6 is 11.8 Å². The smallest absolute Gasteiger partial charge is 0.294 e. The predicted octanol–water partition coefficient (Wildman–Crippen LogP) is 2.74. The van der Waals surface area contributed by atoms with Crippen molar-refractivity contribution in [2.75, 3.05) is 6.54 Å². The Bertz CT molecular complexity index is 593. The molecule has 1 aromatic heterocycles. The van der Waals surface area contributed by atoms with E-state index in [9.17, 15) is 9.59 Å². The van der Waals surface area contributed by atoms with E-state index in [0.717, 1.165) is 22.2 Å². The van der Waals surface area contributed by atoms with Gasteiger partial charge in [-0.05, 0) is 43.3 Å². The van der Waals surface area contributed by atoms with Crippen molar-refractivity contribution in [3.63, 3.8) is 0 Å². The van der Waals surface area contributed by atoms with Gasteiger partial charge in [0, 0.05) is 18.4 Å². The van der Waals surface area contributed by atoms with Gasteiger partial charge in [-0.15, -0.1) is 6.42 Å². The van der Waals surface area contributed by atoms with Crippen LogP contribution in [0, 0.1) is 12.3 Å². The van der Waals surface area contributed by atoms with Crippen molar-refractivity contribution < 1.29 is 9.59 Å². The zero-order valence-electron chi connectivity index (χ0n) is 10.8. The lowest BCUT2D eigenvalue weighted by atomic mass is 10.3. The molecule has 0 aliphatic carbocycles. The fourth-order valence-electron chi connectivity index (χ4n) is 1.72. The molecule has 0 radical (unpaired) electrons. The molecule has 98 valence electrons. The number of hydrogen-bond donors (Lipinski definition) is 0. The van der Waals surface area contributed by atoms with Crippen LogP contribution in [0.5, 0.6) is 0 Å². The molecule has 0 N–H and O–H groups in total. The second-order valence-corrected chi connectivity index (χ2v) is 5.45. The molecule has 0 bridgehead atoms. The summed E-state index contributed by atoms with van der Waals surface area (Å²) in [6, 6.07) is 2.27. The number of nitrogens with zero attached hydrogens (tertiary/aromatic N) is 2. The first-order chi connectivity index (χ1) is 9.02. The Morgan fingerprint density at radius 3 is 2.79 bits per heavy atom. The first-order valence-corrected chi connectivity index (χ1v) is 6.71. The molecule has 2 heterocycles. The zero-order valence-corrected chi connectivity index (χ0v) is 11.6. The molecule has 2 rings (SSSR count). The Balaban J connectivity index is 2.22. The van der Waals surface area contributed by atoms with E-state index < -0.39 is 0 Å². The van der Waals surface area contributed by atoms with Crippen molar-refractivity contribution >= 4 is 29.0 Å². The number of hydrogen-bond acceptors (Lipinski definition) is 3. The van der Waals surface area contributed by atoms with Gasteiger partial charge in [0.1, 0.15) is 0 Å². The highest BCUT2D eigenvalue weighted by atomic mass is 32.2. The standard InChI is InChI=1S/C14H14N2O2S/c1-4-6-16-13(17)12(19-14(16)18)8-11-5-7-15(9-11)10(2)3/h1,5,7-10H,6H2,2-3H3/b12-8+. The Hall–Kier alpha value is -1.93. The third-order valence-corrected chi connectivity index (χ3v) is 3.66. The van der Waals surface area contributed by atoms with Gasteiger partial charge in [-0.25, -0.2) is 0 Å². The molecule has 19 heavy (non-hydrogen) atoms. The lowest BCUT2D eigenvalue weighted by Crippen LogP contribution is -2.28. The first kappa shape index (κ1) is 13.5. The second kappa shape index (κ2) is 5.37. The summed E-state index contributed by atoms with van der Waals surface area (Å²) in [5.41, 5.74) is 0.903. The molecule has 0 unspecified atom stereocenters. The average molecular weight is 274 g/mol. The Morgan fingerprint density at radius 1 is 1.47 bits per heavy atom. The van der Waals surface area contributed by atoms with Crippen LogP contribution in [0.3, 0.4) is 0 Å². The summed E-state index contributed by atoms with van der Waals surface area (Å²) >= 11 is 0.928. The van der Waals surface area contributed by atoms with E-state index in [1.807, 2.05) is 23.0 Å². The third-order valence-electron chi connectivity index (χ3n) is 2.75. The Kier molecular flexibility index (Phi) is 3.82. The number of aromatic nitrogens is 1. The minimum atomic E-state index is -0.315. The number of rotatable bonds is 3. The number of terminal acetylenes is 1. The molecule has 1 aliphatic heterocycles. The number of imide groups is 1. The lowest BCUT2D eigenvalue weighted by Gasteiger charge is -2.06. The zero-order chi connectivity index (χ0) is 14.0. The van der Waals surface area contributed by atoms with Gasteiger partial charge >= 0.3 is 0 Å². The molecule has 1 aliphatic rings. The predicted molar refractivity (Wildman–Crippen MR) is 76.3 cm³/mol. The largest absolute Gasteiger partial charge is 0.351 e. The van der Waals surface area contributed by atoms with Crippen LogP contribution in [0.4, 0.5) is 4.79 Å². The van der Waals surface area contributed by atoms with Gasteiger partial charge in [-0.3, -0.25) is 14.5 Å². The van der Waals surface area contributed by atoms with Crippen molar-refractivity contribution in [1.29, 1.82) is 0 Å². The molecule has 2 amide bonds. The summed E-state index contributed by atoms with van der Waals surface area (Å²) in [6.45, 7) is 4.17. The summed E-state index contributed by atoms with van der Waals surface area (Å²) < 4.78 is 2.04. The quantitative estimate of drug-likeness (QED) is 0.628. The molecule has 1 saturated heterocycles. The van der Waals surface area contributed by atoms with Gasteiger partial charge in [0.05, 0.1) is 11.4 Å². The molecule has 0 atom stereocenters. The van der Waals surface area contributed by atoms with Crippen molar-refractivity contribution in [3.05, 3.63) is 28.9 Å². The summed E-state index contributed by atoms with van der Waals surface area (Å²) in [7, 11) is 0. The van der Waals surface area contributed by atoms with Gasteiger partial charge in [-0.2, -0.15) is 0 Å². The normalized spacial score (nSPS) is 17.6. The molecular formula is C14H14N2O2S. The van der Waals surface area contributed by atoms with Crippen molar-refractivity contribution in [3.8, 4) is 12.3 Å². The van der Waals surface area contributed by atoms with E-state index in [-0.39, 0.29) is 17.7 Å². The van der Waals surface area contributed by atoms with Crippen LogP contribution < -0.4 is 0 Å². The van der Waals surface area contributed by atoms with Crippen molar-refractivity contribution in [2.24, 2.45) is 0 Å². The fourth-order valence-corrected chi connectivity index (χ4v) is 2.55. The topological polar surface area (TPSA) is 42.3 Å². The number of amides is 2. The van der Waals surface area contributed by atoms with Crippen LogP contribution in [-0.4, -0.2) is 27.2 Å². The van der Waals surface area contributed by atoms with E-state index in [4.69, 9.17) is 6.42 Å². The highest BCUT2D eigenvalue weighted by Crippen LogP contribution is 2.31. The van der Waals surface area contributed by atoms with E-state index in [2.05, 4.69) is 19.8 Å². The maximum Gasteiger partial charge on any atom is 0.294 e. The van der Waals surface area contributed by atoms with Crippen LogP contribution in [0.25, 0.3) is 6.08 Å². The molecule has 0 aromatic carbocycles. The number of thioether (sulfide) groups is 1. The van der Waals surface area contributed by atoms with Gasteiger partial charge in [0.2, 0.25) is 0 Å². The maximum atomic E-state index is 12.0. The van der Waals surface area contributed by atoms with Crippen LogP contribution in [0.15, 0.2) is 23.4 Å². The van der Waals surface area contributed by atoms with Crippen LogP contribution in [0.1, 0.15) is 25.5 Å².